The van der Waals surface area contributed by atoms with Gasteiger partial charge in [-0.15, -0.1) is 0 Å². The van der Waals surface area contributed by atoms with Gasteiger partial charge in [0, 0.05) is 10.8 Å². The Morgan fingerprint density at radius 1 is 1.17 bits per heavy atom. The fraction of sp³-hybridized carbons (Fsp3) is 0.708. The van der Waals surface area contributed by atoms with Gasteiger partial charge in [-0.05, 0) is 74.9 Å². The molecule has 0 spiro atoms. The van der Waals surface area contributed by atoms with E-state index in [0.717, 1.165) is 38.5 Å². The Morgan fingerprint density at radius 2 is 1.97 bits per heavy atom. The second-order valence-electron chi connectivity index (χ2n) is 9.73. The van der Waals surface area contributed by atoms with E-state index in [0.29, 0.717) is 24.9 Å². The van der Waals surface area contributed by atoms with E-state index in [1.807, 2.05) is 6.92 Å². The molecule has 0 heterocycles. The molecule has 30 heavy (non-hydrogen) atoms. The third kappa shape index (κ3) is 3.28. The Balaban J connectivity index is 1.60. The van der Waals surface area contributed by atoms with Gasteiger partial charge >= 0.3 is 12.1 Å². The topological polar surface area (TPSA) is 89.9 Å². The molecular formula is C24H32O6. The van der Waals surface area contributed by atoms with Crippen molar-refractivity contribution in [3.63, 3.8) is 0 Å². The van der Waals surface area contributed by atoms with Crippen molar-refractivity contribution in [2.24, 2.45) is 34.5 Å². The highest BCUT2D eigenvalue weighted by Gasteiger charge is 2.62. The number of carbonyl (C=O) groups excluding carboxylic acids is 2. The summed E-state index contributed by atoms with van der Waals surface area (Å²) in [4.78, 5) is 36.1. The number of ether oxygens (including phenoxy) is 2. The molecule has 0 saturated heterocycles. The van der Waals surface area contributed by atoms with Crippen LogP contribution in [0.5, 0.6) is 0 Å². The minimum Gasteiger partial charge on any atom is -0.481 e. The molecule has 0 amide bonds. The third-order valence-corrected chi connectivity index (χ3v) is 8.45. The lowest BCUT2D eigenvalue weighted by molar-refractivity contribution is -0.153. The Kier molecular flexibility index (Phi) is 5.54. The van der Waals surface area contributed by atoms with Crippen molar-refractivity contribution in [2.75, 3.05) is 13.2 Å². The fourth-order valence-corrected chi connectivity index (χ4v) is 7.08. The first-order valence-electron chi connectivity index (χ1n) is 11.3. The van der Waals surface area contributed by atoms with Crippen LogP contribution in [-0.4, -0.2) is 36.2 Å². The summed E-state index contributed by atoms with van der Waals surface area (Å²) in [6, 6.07) is 0. The first kappa shape index (κ1) is 21.1. The lowest BCUT2D eigenvalue weighted by atomic mass is 9.47. The molecule has 3 fully saturated rings. The molecule has 0 aromatic heterocycles. The number of carbonyl (C=O) groups is 3. The normalized spacial score (nSPS) is 39.4. The summed E-state index contributed by atoms with van der Waals surface area (Å²) in [5.74, 6) is -0.238. The van der Waals surface area contributed by atoms with Crippen molar-refractivity contribution in [3.8, 4) is 0 Å². The van der Waals surface area contributed by atoms with Crippen LogP contribution >= 0.6 is 0 Å². The van der Waals surface area contributed by atoms with Crippen LogP contribution in [0.4, 0.5) is 4.79 Å². The molecule has 164 valence electrons. The van der Waals surface area contributed by atoms with Crippen molar-refractivity contribution in [1.82, 2.24) is 0 Å². The Hall–Kier alpha value is -2.11. The summed E-state index contributed by atoms with van der Waals surface area (Å²) in [5.41, 5.74) is 0.561. The van der Waals surface area contributed by atoms with Crippen molar-refractivity contribution >= 4 is 17.9 Å². The van der Waals surface area contributed by atoms with Crippen LogP contribution in [0.25, 0.3) is 0 Å². The van der Waals surface area contributed by atoms with Gasteiger partial charge in [0.15, 0.2) is 5.78 Å². The second-order valence-corrected chi connectivity index (χ2v) is 9.73. The Bertz CT molecular complexity index is 798. The van der Waals surface area contributed by atoms with Gasteiger partial charge in [0.05, 0.1) is 12.5 Å². The maximum absolute atomic E-state index is 12.1. The maximum Gasteiger partial charge on any atom is 0.508 e. The monoisotopic (exact) mass is 416 g/mol. The number of carboxylic acids is 1. The number of hydrogen-bond acceptors (Lipinski definition) is 5. The number of hydrogen-bond donors (Lipinski definition) is 1. The quantitative estimate of drug-likeness (QED) is 0.662. The van der Waals surface area contributed by atoms with E-state index in [1.165, 1.54) is 5.57 Å². The number of fused-ring (bicyclic) bond motifs is 5. The number of ketones is 1. The number of carboxylic acid groups (broad SMARTS) is 1. The summed E-state index contributed by atoms with van der Waals surface area (Å²) in [7, 11) is 0. The summed E-state index contributed by atoms with van der Waals surface area (Å²) in [6.45, 7) is 4.57. The van der Waals surface area contributed by atoms with Gasteiger partial charge in [0.2, 0.25) is 0 Å². The first-order chi connectivity index (χ1) is 14.3. The highest BCUT2D eigenvalue weighted by molar-refractivity contribution is 6.01. The van der Waals surface area contributed by atoms with Gasteiger partial charge < -0.3 is 14.6 Å². The Labute approximate surface area is 177 Å². The number of aliphatic carboxylic acids is 1. The predicted octanol–water partition coefficient (Wildman–Crippen LogP) is 4.54. The van der Waals surface area contributed by atoms with Crippen LogP contribution in [0.3, 0.4) is 0 Å². The average Bonchev–Trinajstić information content (AvgIpc) is 3.11. The summed E-state index contributed by atoms with van der Waals surface area (Å²) < 4.78 is 10.6. The molecule has 4 aliphatic rings. The second kappa shape index (κ2) is 7.86. The minimum atomic E-state index is -0.785. The molecule has 0 unspecified atom stereocenters. The maximum atomic E-state index is 12.1. The number of allylic oxidation sites excluding steroid dienone is 4. The largest absolute Gasteiger partial charge is 0.508 e. The van der Waals surface area contributed by atoms with Crippen molar-refractivity contribution in [3.05, 3.63) is 23.8 Å². The van der Waals surface area contributed by atoms with E-state index in [2.05, 4.69) is 13.0 Å². The zero-order valence-electron chi connectivity index (χ0n) is 17.9. The molecule has 3 saturated carbocycles. The lowest BCUT2D eigenvalue weighted by Gasteiger charge is -2.57. The van der Waals surface area contributed by atoms with Crippen molar-refractivity contribution in [2.45, 2.75) is 58.8 Å². The van der Waals surface area contributed by atoms with Crippen molar-refractivity contribution < 1.29 is 29.0 Å². The van der Waals surface area contributed by atoms with Gasteiger partial charge in [0.25, 0.3) is 0 Å². The molecule has 0 aromatic carbocycles. The van der Waals surface area contributed by atoms with Gasteiger partial charge in [-0.2, -0.15) is 0 Å². The summed E-state index contributed by atoms with van der Waals surface area (Å²) >= 11 is 0. The molecular weight excluding hydrogens is 384 g/mol. The summed E-state index contributed by atoms with van der Waals surface area (Å²) in [5, 5.41) is 9.96. The fourth-order valence-electron chi connectivity index (χ4n) is 7.08. The highest BCUT2D eigenvalue weighted by atomic mass is 16.7. The third-order valence-electron chi connectivity index (χ3n) is 8.45. The molecule has 6 heteroatoms. The van der Waals surface area contributed by atoms with Gasteiger partial charge in [-0.1, -0.05) is 25.5 Å². The SMILES string of the molecule is CCCOC(=O)OC[C@]12CC[C@H]3[C@@H](CCC4=CC(=O)C=C[C@@]43C)[C@@H]1CC[C@@H]2C(=O)O. The van der Waals surface area contributed by atoms with Crippen LogP contribution in [0.15, 0.2) is 23.8 Å². The van der Waals surface area contributed by atoms with E-state index in [9.17, 15) is 19.5 Å². The van der Waals surface area contributed by atoms with Crippen LogP contribution in [0.1, 0.15) is 58.8 Å². The van der Waals surface area contributed by atoms with Crippen molar-refractivity contribution in [1.29, 1.82) is 0 Å². The molecule has 0 bridgehead atoms. The zero-order valence-corrected chi connectivity index (χ0v) is 17.9. The minimum absolute atomic E-state index is 0.0666. The smallest absolute Gasteiger partial charge is 0.481 e. The molecule has 0 aliphatic heterocycles. The van der Waals surface area contributed by atoms with Gasteiger partial charge in [-0.3, -0.25) is 9.59 Å². The van der Waals surface area contributed by atoms with E-state index >= 15 is 0 Å². The molecule has 6 atom stereocenters. The highest BCUT2D eigenvalue weighted by Crippen LogP contribution is 2.66. The zero-order chi connectivity index (χ0) is 21.5. The van der Waals surface area contributed by atoms with Gasteiger partial charge in [-0.25, -0.2) is 4.79 Å². The summed E-state index contributed by atoms with van der Waals surface area (Å²) in [6.07, 6.45) is 10.5. The van der Waals surface area contributed by atoms with E-state index in [-0.39, 0.29) is 23.7 Å². The Morgan fingerprint density at radius 3 is 2.70 bits per heavy atom. The average molecular weight is 417 g/mol. The van der Waals surface area contributed by atoms with Crippen LogP contribution in [0.2, 0.25) is 0 Å². The molecule has 6 nitrogen and oxygen atoms in total. The molecule has 1 N–H and O–H groups in total. The standard InChI is InChI=1S/C24H32O6/c1-3-12-29-22(28)30-14-24-11-9-18-17(19(24)6-7-20(24)21(26)27)5-4-15-13-16(25)8-10-23(15,18)2/h8,10,13,17-20H,3-7,9,11-12,14H2,1-2H3,(H,26,27)/t17-,18+,19+,20-,23+,24-/m1/s1. The van der Waals surface area contributed by atoms with Crippen LogP contribution in [0, 0.1) is 34.5 Å². The predicted molar refractivity (Wildman–Crippen MR) is 110 cm³/mol. The first-order valence-corrected chi connectivity index (χ1v) is 11.3. The van der Waals surface area contributed by atoms with Crippen LogP contribution in [-0.2, 0) is 19.1 Å². The van der Waals surface area contributed by atoms with E-state index < -0.39 is 23.5 Å². The lowest BCUT2D eigenvalue weighted by Crippen LogP contribution is -2.53. The molecule has 0 radical (unpaired) electrons. The van der Waals surface area contributed by atoms with Gasteiger partial charge in [0.1, 0.15) is 6.61 Å². The van der Waals surface area contributed by atoms with E-state index in [4.69, 9.17) is 9.47 Å². The van der Waals surface area contributed by atoms with Crippen LogP contribution < -0.4 is 0 Å². The number of rotatable bonds is 5. The molecule has 4 rings (SSSR count). The van der Waals surface area contributed by atoms with E-state index in [1.54, 1.807) is 12.2 Å². The molecule has 0 aromatic rings. The molecule has 4 aliphatic carbocycles.